The lowest BCUT2D eigenvalue weighted by molar-refractivity contribution is -0.144. The lowest BCUT2D eigenvalue weighted by Gasteiger charge is -2.22. The summed E-state index contributed by atoms with van der Waals surface area (Å²) in [5.41, 5.74) is 2.54. The van der Waals surface area contributed by atoms with Gasteiger partial charge in [-0.3, -0.25) is 23.2 Å². The zero-order valence-electron chi connectivity index (χ0n) is 37.8. The molecule has 0 fully saturated rings. The summed E-state index contributed by atoms with van der Waals surface area (Å²) >= 11 is 0. The molecule has 0 bridgehead atoms. The fraction of sp³-hybridized carbons (Fsp3) is 0.605. The van der Waals surface area contributed by atoms with E-state index >= 15 is 0 Å². The van der Waals surface area contributed by atoms with E-state index in [1.54, 1.807) is 0 Å². The van der Waals surface area contributed by atoms with Crippen molar-refractivity contribution in [2.75, 3.05) is 39.5 Å². The van der Waals surface area contributed by atoms with Crippen LogP contribution in [0.1, 0.15) is 61.6 Å². The number of amides is 4. The topological polar surface area (TPSA) is 215 Å². The minimum atomic E-state index is -3.97. The van der Waals surface area contributed by atoms with Crippen LogP contribution in [0.3, 0.4) is 0 Å². The van der Waals surface area contributed by atoms with Gasteiger partial charge in [-0.15, -0.1) is 0 Å². The van der Waals surface area contributed by atoms with Gasteiger partial charge in [-0.1, -0.05) is 100 Å². The first-order chi connectivity index (χ1) is 29.9. The number of esters is 1. The summed E-state index contributed by atoms with van der Waals surface area (Å²) in [6.45, 7) is 13.9. The lowest BCUT2D eigenvalue weighted by Crippen LogP contribution is -2.48. The average molecular weight is 937 g/mol. The van der Waals surface area contributed by atoms with Crippen LogP contribution in [0.25, 0.3) is 0 Å². The van der Waals surface area contributed by atoms with E-state index in [2.05, 4.69) is 60.5 Å². The van der Waals surface area contributed by atoms with Crippen molar-refractivity contribution in [2.24, 2.45) is 0 Å². The number of rotatable bonds is 27. The van der Waals surface area contributed by atoms with Gasteiger partial charge in [-0.05, 0) is 54.5 Å². The summed E-state index contributed by atoms with van der Waals surface area (Å²) < 4.78 is 51.4. The third kappa shape index (κ3) is 24.4. The van der Waals surface area contributed by atoms with Gasteiger partial charge in [0.05, 0.1) is 39.1 Å². The number of alkyl carbamates (subject to hydrolysis) is 3. The molecular formula is C43H69N4O13PSi2. The molecule has 352 valence electrons. The largest absolute Gasteiger partial charge is 0.475 e. The van der Waals surface area contributed by atoms with Crippen molar-refractivity contribution in [1.82, 2.24) is 21.3 Å². The lowest BCUT2D eigenvalue weighted by atomic mass is 10.1. The molecule has 2 aromatic carbocycles. The van der Waals surface area contributed by atoms with Crippen molar-refractivity contribution in [1.29, 1.82) is 0 Å². The molecule has 1 aliphatic heterocycles. The molecule has 4 amide bonds. The number of ether oxygens (including phenoxy) is 4. The molecule has 4 N–H and O–H groups in total. The van der Waals surface area contributed by atoms with Crippen LogP contribution in [0.5, 0.6) is 0 Å². The summed E-state index contributed by atoms with van der Waals surface area (Å²) in [6, 6.07) is 16.6. The van der Waals surface area contributed by atoms with Gasteiger partial charge in [-0.25, -0.2) is 18.9 Å². The van der Waals surface area contributed by atoms with Crippen molar-refractivity contribution in [2.45, 2.75) is 128 Å². The first kappa shape index (κ1) is 53.1. The van der Waals surface area contributed by atoms with Crippen molar-refractivity contribution in [3.8, 4) is 0 Å². The molecule has 0 radical (unpaired) electrons. The number of hydrogen-bond donors (Lipinski definition) is 4. The van der Waals surface area contributed by atoms with Gasteiger partial charge in [0.25, 0.3) is 0 Å². The number of nitrogens with one attached hydrogen (secondary N) is 4. The van der Waals surface area contributed by atoms with Crippen molar-refractivity contribution >= 4 is 54.1 Å². The van der Waals surface area contributed by atoms with E-state index in [9.17, 15) is 28.5 Å². The molecule has 0 saturated carbocycles. The number of benzene rings is 2. The molecule has 1 aliphatic rings. The number of carbonyl (C=O) groups excluding carboxylic acids is 5. The second kappa shape index (κ2) is 27.8. The van der Waals surface area contributed by atoms with Gasteiger partial charge in [0.2, 0.25) is 5.91 Å². The smallest absolute Gasteiger partial charge is 0.463 e. The second-order valence-corrected chi connectivity index (χ2v) is 30.6. The number of carbonyl (C=O) groups is 5. The highest BCUT2D eigenvalue weighted by Crippen LogP contribution is 2.52. The SMILES string of the molecule is C[Si](C)(C)CCOC(=O)N[C@H](CCCNC(=O)[C@H](CCOP1(=O)OCc2ccccc2CO1)NC(=O)OCC[Si](C)(C)C)COC(=O)CCCCCNC(=O)OCc1ccccc1. The molecule has 20 heteroatoms. The Morgan fingerprint density at radius 2 is 1.24 bits per heavy atom. The van der Waals surface area contributed by atoms with Crippen molar-refractivity contribution < 1.29 is 61.1 Å². The van der Waals surface area contributed by atoms with Crippen LogP contribution in [0, 0.1) is 0 Å². The minimum Gasteiger partial charge on any atom is -0.463 e. The quantitative estimate of drug-likeness (QED) is 0.0220. The highest BCUT2D eigenvalue weighted by Gasteiger charge is 2.32. The maximum absolute atomic E-state index is 13.5. The van der Waals surface area contributed by atoms with Crippen molar-refractivity contribution in [3.05, 3.63) is 71.3 Å². The summed E-state index contributed by atoms with van der Waals surface area (Å²) in [5.74, 6) is -0.966. The Morgan fingerprint density at radius 1 is 0.651 bits per heavy atom. The summed E-state index contributed by atoms with van der Waals surface area (Å²) in [7, 11) is -6.91. The maximum atomic E-state index is 13.5. The van der Waals surface area contributed by atoms with Gasteiger partial charge in [0.1, 0.15) is 19.3 Å². The maximum Gasteiger partial charge on any atom is 0.475 e. The molecular weight excluding hydrogens is 868 g/mol. The number of unbranched alkanes of at least 4 members (excludes halogenated alkanes) is 2. The monoisotopic (exact) mass is 936 g/mol. The van der Waals surface area contributed by atoms with Gasteiger partial charge in [0.15, 0.2) is 0 Å². The molecule has 2 atom stereocenters. The van der Waals surface area contributed by atoms with E-state index in [-0.39, 0.29) is 65.6 Å². The highest BCUT2D eigenvalue weighted by atomic mass is 31.2. The number of phosphoric acid groups is 1. The van der Waals surface area contributed by atoms with E-state index in [4.69, 9.17) is 32.5 Å². The normalized spacial score (nSPS) is 14.4. The minimum absolute atomic E-state index is 0.0270. The first-order valence-electron chi connectivity index (χ1n) is 21.7. The van der Waals surface area contributed by atoms with Crippen LogP contribution in [-0.4, -0.2) is 97.9 Å². The van der Waals surface area contributed by atoms with Crippen LogP contribution >= 0.6 is 7.82 Å². The molecule has 0 aromatic heterocycles. The molecule has 63 heavy (non-hydrogen) atoms. The van der Waals surface area contributed by atoms with E-state index in [1.807, 2.05) is 54.6 Å². The van der Waals surface area contributed by atoms with Crippen LogP contribution in [0.15, 0.2) is 54.6 Å². The Bertz CT molecular complexity index is 1750. The first-order valence-corrected chi connectivity index (χ1v) is 30.6. The molecule has 2 aromatic rings. The molecule has 1 heterocycles. The van der Waals surface area contributed by atoms with Gasteiger partial charge < -0.3 is 40.2 Å². The van der Waals surface area contributed by atoms with Crippen LogP contribution in [0.2, 0.25) is 51.4 Å². The van der Waals surface area contributed by atoms with E-state index in [0.717, 1.165) is 28.8 Å². The fourth-order valence-electron chi connectivity index (χ4n) is 5.77. The molecule has 0 spiro atoms. The molecule has 3 rings (SSSR count). The zero-order chi connectivity index (χ0) is 46.1. The molecule has 0 unspecified atom stereocenters. The third-order valence-electron chi connectivity index (χ3n) is 9.65. The molecule has 0 aliphatic carbocycles. The van der Waals surface area contributed by atoms with Crippen LogP contribution in [-0.2, 0) is 66.5 Å². The average Bonchev–Trinajstić information content (AvgIpc) is 3.39. The standard InChI is InChI=1S/C43H69N4O13PSi2/c1-62(2,3)28-26-54-42(51)46-37(33-56-39(48)21-11-8-14-23-45-41(50)57-30-34-16-9-7-10-17-34)20-15-24-44-40(49)38(47-43(52)55-27-29-63(4,5)6)22-25-58-61(53)59-31-35-18-12-13-19-36(35)32-60-61/h7,9-10,12-13,16-19,37-38H,8,11,14-15,20-33H2,1-6H3,(H,44,49)(H,45,50)(H,46,51)(H,47,52)/t37-,38+/m1/s1. The van der Waals surface area contributed by atoms with Gasteiger partial charge >= 0.3 is 32.1 Å². The third-order valence-corrected chi connectivity index (χ3v) is 14.4. The predicted molar refractivity (Wildman–Crippen MR) is 243 cm³/mol. The predicted octanol–water partition coefficient (Wildman–Crippen LogP) is 8.04. The Hall–Kier alpha value is -4.27. The van der Waals surface area contributed by atoms with Gasteiger partial charge in [-0.2, -0.15) is 0 Å². The molecule has 17 nitrogen and oxygen atoms in total. The number of hydrogen-bond acceptors (Lipinski definition) is 13. The van der Waals surface area contributed by atoms with E-state index < -0.39 is 66.2 Å². The number of phosphoric ester groups is 1. The van der Waals surface area contributed by atoms with Crippen molar-refractivity contribution in [3.63, 3.8) is 0 Å². The zero-order valence-corrected chi connectivity index (χ0v) is 40.7. The van der Waals surface area contributed by atoms with E-state index in [0.29, 0.717) is 38.6 Å². The Balaban J connectivity index is 1.47. The van der Waals surface area contributed by atoms with Crippen LogP contribution in [0.4, 0.5) is 14.4 Å². The molecule has 0 saturated heterocycles. The number of fused-ring (bicyclic) bond motifs is 1. The Kier molecular flexibility index (Phi) is 23.4. The Morgan fingerprint density at radius 3 is 1.86 bits per heavy atom. The second-order valence-electron chi connectivity index (χ2n) is 17.7. The fourth-order valence-corrected chi connectivity index (χ4v) is 8.35. The summed E-state index contributed by atoms with van der Waals surface area (Å²) in [6.07, 6.45) is 0.728. The highest BCUT2D eigenvalue weighted by molar-refractivity contribution is 7.48. The van der Waals surface area contributed by atoms with Crippen LogP contribution < -0.4 is 21.3 Å². The van der Waals surface area contributed by atoms with Gasteiger partial charge in [0, 0.05) is 42.1 Å². The summed E-state index contributed by atoms with van der Waals surface area (Å²) in [4.78, 5) is 63.6. The Labute approximate surface area is 374 Å². The summed E-state index contributed by atoms with van der Waals surface area (Å²) in [5, 5.41) is 10.9. The van der Waals surface area contributed by atoms with E-state index in [1.165, 1.54) is 0 Å².